The Labute approximate surface area is 143 Å². The van der Waals surface area contributed by atoms with Gasteiger partial charge in [-0.2, -0.15) is 0 Å². The van der Waals surface area contributed by atoms with Gasteiger partial charge in [0.25, 0.3) is 0 Å². The molecule has 24 heavy (non-hydrogen) atoms. The van der Waals surface area contributed by atoms with Gasteiger partial charge >= 0.3 is 0 Å². The molecule has 0 aromatic rings. The van der Waals surface area contributed by atoms with E-state index in [1.807, 2.05) is 0 Å². The summed E-state index contributed by atoms with van der Waals surface area (Å²) in [5.74, 6) is -0.170. The zero-order valence-corrected chi connectivity index (χ0v) is 14.3. The zero-order valence-electron chi connectivity index (χ0n) is 14.3. The molecule has 0 radical (unpaired) electrons. The molecule has 0 aromatic carbocycles. The van der Waals surface area contributed by atoms with Crippen LogP contribution in [0.4, 0.5) is 0 Å². The maximum absolute atomic E-state index is 11.4. The standard InChI is InChI=1S/C16H31NO7/c1-2-6-21-8-10-23-12-13-24-11-9-22-7-5-17-16(20)4-3-15(19)14-18/h2,15,18-19H,1,3-14H2,(H,17,20). The Morgan fingerprint density at radius 2 is 1.54 bits per heavy atom. The molecule has 0 fully saturated rings. The molecule has 0 aliphatic rings. The summed E-state index contributed by atoms with van der Waals surface area (Å²) in [5.41, 5.74) is 0. The van der Waals surface area contributed by atoms with Gasteiger partial charge in [-0.1, -0.05) is 6.08 Å². The van der Waals surface area contributed by atoms with E-state index >= 15 is 0 Å². The monoisotopic (exact) mass is 349 g/mol. The van der Waals surface area contributed by atoms with E-state index in [-0.39, 0.29) is 25.4 Å². The van der Waals surface area contributed by atoms with Crippen molar-refractivity contribution in [3.8, 4) is 0 Å². The van der Waals surface area contributed by atoms with Gasteiger partial charge in [0.05, 0.1) is 65.6 Å². The Morgan fingerprint density at radius 3 is 2.08 bits per heavy atom. The minimum Gasteiger partial charge on any atom is -0.394 e. The van der Waals surface area contributed by atoms with Crippen LogP contribution in [0.15, 0.2) is 12.7 Å². The highest BCUT2D eigenvalue weighted by Gasteiger charge is 2.06. The maximum Gasteiger partial charge on any atom is 0.220 e. The van der Waals surface area contributed by atoms with Crippen LogP contribution in [0.2, 0.25) is 0 Å². The summed E-state index contributed by atoms with van der Waals surface area (Å²) in [7, 11) is 0. The minimum absolute atomic E-state index is 0.170. The Morgan fingerprint density at radius 1 is 1.00 bits per heavy atom. The number of carbonyl (C=O) groups is 1. The summed E-state index contributed by atoms with van der Waals surface area (Å²) in [4.78, 5) is 11.4. The molecular formula is C16H31NO7. The van der Waals surface area contributed by atoms with Gasteiger partial charge in [0.2, 0.25) is 5.91 Å². The molecule has 0 aromatic heterocycles. The summed E-state index contributed by atoms with van der Waals surface area (Å²) in [6.45, 7) is 7.53. The number of aliphatic hydroxyl groups is 2. The molecule has 0 rings (SSSR count). The van der Waals surface area contributed by atoms with Crippen molar-refractivity contribution in [2.75, 3.05) is 66.0 Å². The molecule has 0 heterocycles. The molecule has 8 heteroatoms. The lowest BCUT2D eigenvalue weighted by Crippen LogP contribution is -2.28. The first-order chi connectivity index (χ1) is 11.7. The van der Waals surface area contributed by atoms with Gasteiger partial charge < -0.3 is 34.5 Å². The number of hydrogen-bond donors (Lipinski definition) is 3. The van der Waals surface area contributed by atoms with Crippen LogP contribution in [0, 0.1) is 0 Å². The minimum atomic E-state index is -0.840. The largest absolute Gasteiger partial charge is 0.394 e. The van der Waals surface area contributed by atoms with Crippen LogP contribution in [0.5, 0.6) is 0 Å². The molecule has 0 aliphatic carbocycles. The van der Waals surface area contributed by atoms with Gasteiger partial charge in [0.1, 0.15) is 0 Å². The highest BCUT2D eigenvalue weighted by molar-refractivity contribution is 5.75. The third-order valence-electron chi connectivity index (χ3n) is 2.84. The summed E-state index contributed by atoms with van der Waals surface area (Å²) in [5, 5.41) is 20.4. The van der Waals surface area contributed by atoms with Gasteiger partial charge in [-0.3, -0.25) is 4.79 Å². The van der Waals surface area contributed by atoms with Crippen molar-refractivity contribution in [1.29, 1.82) is 0 Å². The van der Waals surface area contributed by atoms with Crippen molar-refractivity contribution in [3.05, 3.63) is 12.7 Å². The topological polar surface area (TPSA) is 106 Å². The summed E-state index contributed by atoms with van der Waals surface area (Å²) in [6.07, 6.45) is 1.28. The number of rotatable bonds is 18. The molecule has 0 aliphatic heterocycles. The summed E-state index contributed by atoms with van der Waals surface area (Å²) < 4.78 is 21.1. The first-order valence-corrected chi connectivity index (χ1v) is 8.18. The van der Waals surface area contributed by atoms with E-state index in [2.05, 4.69) is 11.9 Å². The molecular weight excluding hydrogens is 318 g/mol. The fourth-order valence-corrected chi connectivity index (χ4v) is 1.57. The van der Waals surface area contributed by atoms with Crippen molar-refractivity contribution in [2.24, 2.45) is 0 Å². The number of hydrogen-bond acceptors (Lipinski definition) is 7. The van der Waals surface area contributed by atoms with Crippen LogP contribution in [-0.2, 0) is 23.7 Å². The third-order valence-corrected chi connectivity index (χ3v) is 2.84. The zero-order chi connectivity index (χ0) is 17.9. The number of carbonyl (C=O) groups excluding carboxylic acids is 1. The molecule has 0 saturated carbocycles. The summed E-state index contributed by atoms with van der Waals surface area (Å²) >= 11 is 0. The molecule has 0 saturated heterocycles. The molecule has 8 nitrogen and oxygen atoms in total. The first-order valence-electron chi connectivity index (χ1n) is 8.18. The average Bonchev–Trinajstić information content (AvgIpc) is 2.59. The van der Waals surface area contributed by atoms with Crippen LogP contribution >= 0.6 is 0 Å². The number of amides is 1. The van der Waals surface area contributed by atoms with Crippen LogP contribution in [0.3, 0.4) is 0 Å². The second-order valence-corrected chi connectivity index (χ2v) is 4.93. The average molecular weight is 349 g/mol. The SMILES string of the molecule is C=CCOCCOCCOCCOCCNC(=O)CCC(O)CO. The molecule has 1 unspecified atom stereocenters. The van der Waals surface area contributed by atoms with Gasteiger partial charge in [-0.15, -0.1) is 6.58 Å². The van der Waals surface area contributed by atoms with Crippen LogP contribution in [0.1, 0.15) is 12.8 Å². The lowest BCUT2D eigenvalue weighted by molar-refractivity contribution is -0.122. The highest BCUT2D eigenvalue weighted by Crippen LogP contribution is 1.95. The second kappa shape index (κ2) is 18.3. The highest BCUT2D eigenvalue weighted by atomic mass is 16.6. The lowest BCUT2D eigenvalue weighted by Gasteiger charge is -2.09. The maximum atomic E-state index is 11.4. The fraction of sp³-hybridized carbons (Fsp3) is 0.812. The van der Waals surface area contributed by atoms with E-state index in [1.165, 1.54) is 0 Å². The molecule has 1 amide bonds. The van der Waals surface area contributed by atoms with E-state index < -0.39 is 6.10 Å². The predicted octanol–water partition coefficient (Wildman–Crippen LogP) is -0.512. The van der Waals surface area contributed by atoms with Crippen molar-refractivity contribution >= 4 is 5.91 Å². The van der Waals surface area contributed by atoms with Crippen LogP contribution in [-0.4, -0.2) is 88.2 Å². The number of ether oxygens (including phenoxy) is 4. The van der Waals surface area contributed by atoms with E-state index in [0.29, 0.717) is 59.4 Å². The summed E-state index contributed by atoms with van der Waals surface area (Å²) in [6, 6.07) is 0. The Hall–Kier alpha value is -1.03. The normalized spacial score (nSPS) is 12.1. The fourth-order valence-electron chi connectivity index (χ4n) is 1.57. The van der Waals surface area contributed by atoms with Gasteiger partial charge in [-0.05, 0) is 6.42 Å². The second-order valence-electron chi connectivity index (χ2n) is 4.93. The van der Waals surface area contributed by atoms with Gasteiger partial charge in [-0.25, -0.2) is 0 Å². The molecule has 0 spiro atoms. The van der Waals surface area contributed by atoms with Crippen LogP contribution in [0.25, 0.3) is 0 Å². The van der Waals surface area contributed by atoms with Crippen LogP contribution < -0.4 is 5.32 Å². The van der Waals surface area contributed by atoms with Crippen molar-refractivity contribution in [1.82, 2.24) is 5.32 Å². The lowest BCUT2D eigenvalue weighted by atomic mass is 10.2. The quantitative estimate of drug-likeness (QED) is 0.226. The van der Waals surface area contributed by atoms with E-state index in [9.17, 15) is 4.79 Å². The predicted molar refractivity (Wildman–Crippen MR) is 88.8 cm³/mol. The molecule has 3 N–H and O–H groups in total. The number of aliphatic hydroxyl groups excluding tert-OH is 2. The first kappa shape index (κ1) is 23.0. The Kier molecular flexibility index (Phi) is 17.5. The molecule has 142 valence electrons. The van der Waals surface area contributed by atoms with Crippen molar-refractivity contribution in [3.63, 3.8) is 0 Å². The van der Waals surface area contributed by atoms with Gasteiger partial charge in [0.15, 0.2) is 0 Å². The van der Waals surface area contributed by atoms with E-state index in [1.54, 1.807) is 6.08 Å². The third kappa shape index (κ3) is 17.3. The number of nitrogens with one attached hydrogen (secondary N) is 1. The van der Waals surface area contributed by atoms with Crippen molar-refractivity contribution < 1.29 is 34.0 Å². The molecule has 1 atom stereocenters. The smallest absolute Gasteiger partial charge is 0.220 e. The van der Waals surface area contributed by atoms with Crippen molar-refractivity contribution in [2.45, 2.75) is 18.9 Å². The van der Waals surface area contributed by atoms with E-state index in [4.69, 9.17) is 29.2 Å². The Balaban J connectivity index is 3.14. The van der Waals surface area contributed by atoms with E-state index in [0.717, 1.165) is 0 Å². The Bertz CT molecular complexity index is 302. The van der Waals surface area contributed by atoms with Gasteiger partial charge in [0, 0.05) is 13.0 Å². The molecule has 0 bridgehead atoms.